The number of carbonyl (C=O) groups is 1. The fraction of sp³-hybridized carbons (Fsp3) is 0.462. The number of nitrogens with one attached hydrogen (secondary N) is 1. The Balaban J connectivity index is 0.00000144. The summed E-state index contributed by atoms with van der Waals surface area (Å²) in [6.45, 7) is 3.43. The molecule has 1 fully saturated rings. The summed E-state index contributed by atoms with van der Waals surface area (Å²) in [4.78, 5) is 13.9. The smallest absolute Gasteiger partial charge is 0.242 e. The number of likely N-dealkylation sites (tertiary alicyclic amines) is 1. The van der Waals surface area contributed by atoms with Gasteiger partial charge >= 0.3 is 0 Å². The summed E-state index contributed by atoms with van der Waals surface area (Å²) >= 11 is 0. The van der Waals surface area contributed by atoms with E-state index in [4.69, 9.17) is 0 Å². The molecular formula is C13H19ClN2O. The first-order valence-electron chi connectivity index (χ1n) is 5.86. The monoisotopic (exact) mass is 254 g/mol. The SMILES string of the molecule is CC1CCCN1C(=O)CNc1ccccc1.Cl. The number of halogens is 1. The second-order valence-corrected chi connectivity index (χ2v) is 4.30. The number of para-hydroxylation sites is 1. The zero-order valence-electron chi connectivity index (χ0n) is 10.1. The van der Waals surface area contributed by atoms with Crippen molar-refractivity contribution in [2.24, 2.45) is 0 Å². The van der Waals surface area contributed by atoms with E-state index in [0.29, 0.717) is 12.6 Å². The molecule has 0 saturated carbocycles. The van der Waals surface area contributed by atoms with E-state index < -0.39 is 0 Å². The van der Waals surface area contributed by atoms with Crippen LogP contribution in [0.4, 0.5) is 5.69 Å². The lowest BCUT2D eigenvalue weighted by Crippen LogP contribution is -2.37. The second-order valence-electron chi connectivity index (χ2n) is 4.30. The van der Waals surface area contributed by atoms with Crippen LogP contribution in [0.3, 0.4) is 0 Å². The Morgan fingerprint density at radius 3 is 2.71 bits per heavy atom. The third-order valence-electron chi connectivity index (χ3n) is 3.09. The fourth-order valence-electron chi connectivity index (χ4n) is 2.14. The predicted molar refractivity (Wildman–Crippen MR) is 72.6 cm³/mol. The van der Waals surface area contributed by atoms with Crippen LogP contribution in [0.1, 0.15) is 19.8 Å². The lowest BCUT2D eigenvalue weighted by molar-refractivity contribution is -0.129. The first-order chi connectivity index (χ1) is 7.77. The molecule has 4 heteroatoms. The van der Waals surface area contributed by atoms with Gasteiger partial charge in [0, 0.05) is 18.3 Å². The molecule has 1 aliphatic rings. The fourth-order valence-corrected chi connectivity index (χ4v) is 2.14. The summed E-state index contributed by atoms with van der Waals surface area (Å²) in [6, 6.07) is 10.2. The van der Waals surface area contributed by atoms with Gasteiger partial charge in [-0.05, 0) is 31.9 Å². The molecule has 1 atom stereocenters. The van der Waals surface area contributed by atoms with Gasteiger partial charge in [-0.3, -0.25) is 4.79 Å². The van der Waals surface area contributed by atoms with Gasteiger partial charge in [-0.15, -0.1) is 12.4 Å². The van der Waals surface area contributed by atoms with Gasteiger partial charge in [-0.25, -0.2) is 0 Å². The maximum atomic E-state index is 11.9. The lowest BCUT2D eigenvalue weighted by Gasteiger charge is -2.21. The van der Waals surface area contributed by atoms with Gasteiger partial charge in [0.25, 0.3) is 0 Å². The van der Waals surface area contributed by atoms with Crippen molar-refractivity contribution in [2.75, 3.05) is 18.4 Å². The minimum Gasteiger partial charge on any atom is -0.376 e. The molecule has 1 saturated heterocycles. The highest BCUT2D eigenvalue weighted by atomic mass is 35.5. The Bertz CT molecular complexity index is 356. The largest absolute Gasteiger partial charge is 0.376 e. The summed E-state index contributed by atoms with van der Waals surface area (Å²) in [6.07, 6.45) is 2.27. The van der Waals surface area contributed by atoms with E-state index in [-0.39, 0.29) is 18.3 Å². The van der Waals surface area contributed by atoms with Crippen LogP contribution < -0.4 is 5.32 Å². The van der Waals surface area contributed by atoms with Crippen LogP contribution in [0, 0.1) is 0 Å². The van der Waals surface area contributed by atoms with Crippen LogP contribution in [-0.4, -0.2) is 29.9 Å². The third kappa shape index (κ3) is 3.63. The second kappa shape index (κ2) is 6.50. The highest BCUT2D eigenvalue weighted by Crippen LogP contribution is 2.16. The van der Waals surface area contributed by atoms with E-state index in [1.54, 1.807) is 0 Å². The molecule has 2 rings (SSSR count). The third-order valence-corrected chi connectivity index (χ3v) is 3.09. The molecule has 1 amide bonds. The minimum atomic E-state index is 0. The number of hydrogen-bond donors (Lipinski definition) is 1. The van der Waals surface area contributed by atoms with Crippen molar-refractivity contribution in [1.29, 1.82) is 0 Å². The van der Waals surface area contributed by atoms with Crippen LogP contribution in [0.15, 0.2) is 30.3 Å². The average Bonchev–Trinajstić information content (AvgIpc) is 2.74. The van der Waals surface area contributed by atoms with E-state index in [9.17, 15) is 4.79 Å². The van der Waals surface area contributed by atoms with Crippen molar-refractivity contribution < 1.29 is 4.79 Å². The Morgan fingerprint density at radius 2 is 2.12 bits per heavy atom. The zero-order valence-corrected chi connectivity index (χ0v) is 10.9. The number of amides is 1. The zero-order chi connectivity index (χ0) is 11.4. The van der Waals surface area contributed by atoms with Gasteiger partial charge in [0.1, 0.15) is 0 Å². The van der Waals surface area contributed by atoms with E-state index in [1.807, 2.05) is 35.2 Å². The molecule has 0 radical (unpaired) electrons. The Labute approximate surface area is 109 Å². The molecule has 0 bridgehead atoms. The normalized spacial score (nSPS) is 18.6. The number of rotatable bonds is 3. The molecular weight excluding hydrogens is 236 g/mol. The molecule has 94 valence electrons. The van der Waals surface area contributed by atoms with Gasteiger partial charge in [0.05, 0.1) is 6.54 Å². The first kappa shape index (κ1) is 13.8. The van der Waals surface area contributed by atoms with Crippen LogP contribution in [0.2, 0.25) is 0 Å². The molecule has 1 aromatic rings. The number of hydrogen-bond acceptors (Lipinski definition) is 2. The van der Waals surface area contributed by atoms with Crippen molar-refractivity contribution >= 4 is 24.0 Å². The molecule has 3 nitrogen and oxygen atoms in total. The van der Waals surface area contributed by atoms with Crippen LogP contribution in [0.5, 0.6) is 0 Å². The maximum absolute atomic E-state index is 11.9. The summed E-state index contributed by atoms with van der Waals surface area (Å²) in [5, 5.41) is 3.15. The van der Waals surface area contributed by atoms with Gasteiger partial charge in [-0.2, -0.15) is 0 Å². The van der Waals surface area contributed by atoms with E-state index in [1.165, 1.54) is 0 Å². The number of nitrogens with zero attached hydrogens (tertiary/aromatic N) is 1. The summed E-state index contributed by atoms with van der Waals surface area (Å²) in [5.41, 5.74) is 1.00. The topological polar surface area (TPSA) is 32.3 Å². The van der Waals surface area contributed by atoms with Gasteiger partial charge in [-0.1, -0.05) is 18.2 Å². The van der Waals surface area contributed by atoms with E-state index in [2.05, 4.69) is 12.2 Å². The van der Waals surface area contributed by atoms with Gasteiger partial charge < -0.3 is 10.2 Å². The quantitative estimate of drug-likeness (QED) is 0.899. The van der Waals surface area contributed by atoms with Gasteiger partial charge in [0.2, 0.25) is 5.91 Å². The standard InChI is InChI=1S/C13H18N2O.ClH/c1-11-6-5-9-15(11)13(16)10-14-12-7-3-2-4-8-12;/h2-4,7-8,11,14H,5-6,9-10H2,1H3;1H. The van der Waals surface area contributed by atoms with E-state index in [0.717, 1.165) is 25.1 Å². The molecule has 1 aliphatic heterocycles. The first-order valence-corrected chi connectivity index (χ1v) is 5.86. The minimum absolute atomic E-state index is 0. The molecule has 0 aliphatic carbocycles. The summed E-state index contributed by atoms with van der Waals surface area (Å²) in [5.74, 6) is 0.203. The molecule has 0 spiro atoms. The van der Waals surface area contributed by atoms with Crippen molar-refractivity contribution in [3.8, 4) is 0 Å². The number of benzene rings is 1. The Morgan fingerprint density at radius 1 is 1.41 bits per heavy atom. The van der Waals surface area contributed by atoms with Crippen LogP contribution >= 0.6 is 12.4 Å². The average molecular weight is 255 g/mol. The summed E-state index contributed by atoms with van der Waals surface area (Å²) in [7, 11) is 0. The van der Waals surface area contributed by atoms with Crippen molar-refractivity contribution in [2.45, 2.75) is 25.8 Å². The Hall–Kier alpha value is -1.22. The highest BCUT2D eigenvalue weighted by molar-refractivity contribution is 5.85. The molecule has 1 aromatic carbocycles. The van der Waals surface area contributed by atoms with Crippen LogP contribution in [-0.2, 0) is 4.79 Å². The molecule has 17 heavy (non-hydrogen) atoms. The molecule has 0 aromatic heterocycles. The summed E-state index contributed by atoms with van der Waals surface area (Å²) < 4.78 is 0. The molecule has 1 heterocycles. The van der Waals surface area contributed by atoms with Crippen LogP contribution in [0.25, 0.3) is 0 Å². The lowest BCUT2D eigenvalue weighted by atomic mass is 10.2. The highest BCUT2D eigenvalue weighted by Gasteiger charge is 2.24. The van der Waals surface area contributed by atoms with Crippen molar-refractivity contribution in [3.05, 3.63) is 30.3 Å². The molecule has 1 N–H and O–H groups in total. The van der Waals surface area contributed by atoms with Gasteiger partial charge in [0.15, 0.2) is 0 Å². The van der Waals surface area contributed by atoms with Crippen molar-refractivity contribution in [1.82, 2.24) is 4.90 Å². The predicted octanol–water partition coefficient (Wildman–Crippen LogP) is 2.53. The van der Waals surface area contributed by atoms with Crippen molar-refractivity contribution in [3.63, 3.8) is 0 Å². The number of carbonyl (C=O) groups excluding carboxylic acids is 1. The van der Waals surface area contributed by atoms with E-state index >= 15 is 0 Å². The maximum Gasteiger partial charge on any atom is 0.242 e. The Kier molecular flexibility index (Phi) is 5.29. The molecule has 1 unspecified atom stereocenters. The number of anilines is 1.